The SMILES string of the molecule is CC(C)(C)OC(=O)N=C(NC(=O)OC(C)(C)C)n1cccn1.CCCC(=O)OCC.CCOC(=O)CN(C)C(=NC(=O)OC(C)(C)C)NC(=O)OC(C)(C)C.CCOC(=O)CN(C)C(=NC(=O)OC(C)(C)C)NC(=O)OC(C)(C)C.CN(CC(=O)O)C(=NC(=O)OC(C)(C)C)NC(=O)OC(C)(C)C. The monoisotopic (exact) mass is 1480 g/mol. The van der Waals surface area contributed by atoms with Crippen molar-refractivity contribution >= 4 is 96.5 Å². The van der Waals surface area contributed by atoms with E-state index >= 15 is 0 Å². The minimum Gasteiger partial charge on any atom is -0.480 e. The highest BCUT2D eigenvalue weighted by Crippen LogP contribution is 2.15. The van der Waals surface area contributed by atoms with Gasteiger partial charge in [0.05, 0.1) is 19.8 Å². The predicted molar refractivity (Wildman–Crippen MR) is 380 cm³/mol. The molecule has 0 unspecified atom stereocenters. The minimum absolute atomic E-state index is 0.0880. The molecule has 1 heterocycles. The van der Waals surface area contributed by atoms with E-state index in [2.05, 4.69) is 51.1 Å². The van der Waals surface area contributed by atoms with Crippen LogP contribution in [0.25, 0.3) is 0 Å². The summed E-state index contributed by atoms with van der Waals surface area (Å²) in [7, 11) is 4.30. The Labute approximate surface area is 605 Å². The van der Waals surface area contributed by atoms with Gasteiger partial charge in [-0.05, 0) is 199 Å². The number of amides is 8. The van der Waals surface area contributed by atoms with Gasteiger partial charge < -0.3 is 71.9 Å². The van der Waals surface area contributed by atoms with Crippen molar-refractivity contribution in [1.82, 2.24) is 45.7 Å². The molecule has 0 atom stereocenters. The van der Waals surface area contributed by atoms with Crippen LogP contribution in [0, 0.1) is 0 Å². The topological polar surface area (TPSA) is 452 Å². The highest BCUT2D eigenvalue weighted by atomic mass is 16.6. The van der Waals surface area contributed by atoms with Crippen molar-refractivity contribution in [2.75, 3.05) is 60.6 Å². The van der Waals surface area contributed by atoms with E-state index in [1.54, 1.807) is 186 Å². The summed E-state index contributed by atoms with van der Waals surface area (Å²) >= 11 is 0. The van der Waals surface area contributed by atoms with Crippen LogP contribution in [-0.2, 0) is 71.3 Å². The first-order valence-corrected chi connectivity index (χ1v) is 32.5. The summed E-state index contributed by atoms with van der Waals surface area (Å²) in [5.74, 6) is -3.07. The van der Waals surface area contributed by atoms with Gasteiger partial charge in [-0.15, -0.1) is 20.0 Å². The Kier molecular flexibility index (Phi) is 44.3. The molecular weight excluding hydrogens is 1360 g/mol. The predicted octanol–water partition coefficient (Wildman–Crippen LogP) is 10.3. The molecule has 590 valence electrons. The fourth-order valence-corrected chi connectivity index (χ4v) is 5.89. The van der Waals surface area contributed by atoms with Crippen molar-refractivity contribution in [2.45, 2.75) is 252 Å². The Morgan fingerprint density at radius 1 is 0.379 bits per heavy atom. The highest BCUT2D eigenvalue weighted by Gasteiger charge is 2.28. The lowest BCUT2D eigenvalue weighted by atomic mass is 10.2. The minimum atomic E-state index is -1.16. The maximum absolute atomic E-state index is 11.9. The third-order valence-electron chi connectivity index (χ3n) is 9.09. The standard InChI is InChI=1S/2C16H29N3O6.C14H22N4O4.C14H25N3O6.C6H12O2/c2*1-9-23-11(20)10-19(8)12(17-13(21)24-15(2,3)4)18-14(22)25-16(5,6)7;1-13(2,3)21-11(19)16-10(18-9-7-8-15-18)17-12(20)22-14(4,5)6;1-13(2,3)22-11(20)15-10(17(7)8-9(18)19)16-12(21)23-14(4,5)6;1-3-5-6(7)8-4-2/h2*9-10H2,1-8H3,(H,17,18,21,22);7-9H,1-6H3,(H,16,17,19,20);8H2,1-7H3,(H,18,19)(H,15,16,20,21);3-5H2,1-2H3. The number of carbonyl (C=O) groups is 12. The van der Waals surface area contributed by atoms with Crippen molar-refractivity contribution in [3.8, 4) is 0 Å². The van der Waals surface area contributed by atoms with Gasteiger partial charge in [0, 0.05) is 40.0 Å². The van der Waals surface area contributed by atoms with E-state index in [0.717, 1.165) is 11.3 Å². The summed E-state index contributed by atoms with van der Waals surface area (Å²) in [6.45, 7) is 47.7. The van der Waals surface area contributed by atoms with Gasteiger partial charge in [0.25, 0.3) is 0 Å². The average Bonchev–Trinajstić information content (AvgIpc) is 1.85. The number of carbonyl (C=O) groups excluding carboxylic acids is 11. The maximum atomic E-state index is 11.9. The second kappa shape index (κ2) is 45.9. The normalized spacial score (nSPS) is 12.1. The Balaban J connectivity index is -0.000000612. The largest absolute Gasteiger partial charge is 0.480 e. The van der Waals surface area contributed by atoms with Crippen LogP contribution in [0.15, 0.2) is 38.4 Å². The second-order valence-electron chi connectivity index (χ2n) is 29.2. The zero-order chi connectivity index (χ0) is 81.5. The first-order valence-electron chi connectivity index (χ1n) is 32.5. The van der Waals surface area contributed by atoms with E-state index < -0.39 is 118 Å². The molecule has 0 aliphatic heterocycles. The molecule has 0 aromatic carbocycles. The van der Waals surface area contributed by atoms with Crippen LogP contribution >= 0.6 is 0 Å². The Morgan fingerprint density at radius 3 is 0.864 bits per heavy atom. The number of esters is 3. The molecule has 8 amide bonds. The van der Waals surface area contributed by atoms with E-state index in [0.29, 0.717) is 13.0 Å². The number of aromatic nitrogens is 2. The molecule has 37 nitrogen and oxygen atoms in total. The molecule has 1 rings (SSSR count). The number of alkyl carbamates (subject to hydrolysis) is 4. The van der Waals surface area contributed by atoms with E-state index in [1.807, 2.05) is 13.8 Å². The van der Waals surface area contributed by atoms with Crippen molar-refractivity contribution < 1.29 is 115 Å². The molecule has 0 aliphatic carbocycles. The van der Waals surface area contributed by atoms with E-state index in [9.17, 15) is 57.5 Å². The van der Waals surface area contributed by atoms with Crippen LogP contribution in [0.2, 0.25) is 0 Å². The van der Waals surface area contributed by atoms with Crippen LogP contribution in [0.1, 0.15) is 207 Å². The van der Waals surface area contributed by atoms with E-state index in [4.69, 9.17) is 52.5 Å². The summed E-state index contributed by atoms with van der Waals surface area (Å²) in [5.41, 5.74) is -5.88. The van der Waals surface area contributed by atoms with Crippen molar-refractivity contribution in [2.24, 2.45) is 20.0 Å². The van der Waals surface area contributed by atoms with Crippen LogP contribution in [0.5, 0.6) is 0 Å². The third kappa shape index (κ3) is 62.8. The summed E-state index contributed by atoms with van der Waals surface area (Å²) in [4.78, 5) is 158. The number of aliphatic carboxylic acids is 1. The molecule has 0 aliphatic rings. The van der Waals surface area contributed by atoms with E-state index in [-0.39, 0.29) is 56.1 Å². The quantitative estimate of drug-likeness (QED) is 0.0595. The zero-order valence-corrected chi connectivity index (χ0v) is 66.3. The number of likely N-dealkylation sites (N-methyl/N-ethyl adjacent to an activating group) is 3. The highest BCUT2D eigenvalue weighted by molar-refractivity contribution is 6.02. The van der Waals surface area contributed by atoms with Crippen molar-refractivity contribution in [3.63, 3.8) is 0 Å². The smallest absolute Gasteiger partial charge is 0.437 e. The van der Waals surface area contributed by atoms with Gasteiger partial charge >= 0.3 is 72.6 Å². The Morgan fingerprint density at radius 2 is 0.631 bits per heavy atom. The van der Waals surface area contributed by atoms with Crippen LogP contribution < -0.4 is 21.3 Å². The summed E-state index contributed by atoms with van der Waals surface area (Å²) in [5, 5.41) is 22.1. The van der Waals surface area contributed by atoms with Crippen LogP contribution in [0.4, 0.5) is 38.4 Å². The third-order valence-corrected chi connectivity index (χ3v) is 9.09. The Bertz CT molecular complexity index is 2920. The van der Waals surface area contributed by atoms with E-state index in [1.165, 1.54) is 48.0 Å². The van der Waals surface area contributed by atoms with Gasteiger partial charge in [-0.1, -0.05) is 6.92 Å². The summed E-state index contributed by atoms with van der Waals surface area (Å²) in [6, 6.07) is 1.63. The molecule has 5 N–H and O–H groups in total. The molecule has 0 spiro atoms. The van der Waals surface area contributed by atoms with Gasteiger partial charge in [0.15, 0.2) is 0 Å². The fraction of sp³-hybridized carbons (Fsp3) is 0.712. The lowest BCUT2D eigenvalue weighted by molar-refractivity contribution is -0.144. The van der Waals surface area contributed by atoms with Gasteiger partial charge in [-0.25, -0.2) is 43.0 Å². The summed E-state index contributed by atoms with van der Waals surface area (Å²) < 4.78 is 56.3. The zero-order valence-electron chi connectivity index (χ0n) is 66.3. The molecule has 0 bridgehead atoms. The molecule has 0 saturated heterocycles. The first kappa shape index (κ1) is 99.5. The number of hydrogen-bond donors (Lipinski definition) is 5. The van der Waals surface area contributed by atoms with Crippen LogP contribution in [-0.4, -0.2) is 231 Å². The lowest BCUT2D eigenvalue weighted by Crippen LogP contribution is -2.46. The number of carboxylic acids is 1. The molecule has 1 aromatic heterocycles. The molecule has 37 heteroatoms. The number of carboxylic acid groups (broad SMARTS) is 1. The second-order valence-corrected chi connectivity index (χ2v) is 29.2. The van der Waals surface area contributed by atoms with Crippen molar-refractivity contribution in [1.29, 1.82) is 0 Å². The summed E-state index contributed by atoms with van der Waals surface area (Å²) in [6.07, 6.45) is -2.41. The molecule has 1 aromatic rings. The fourth-order valence-electron chi connectivity index (χ4n) is 5.89. The van der Waals surface area contributed by atoms with Crippen molar-refractivity contribution in [3.05, 3.63) is 18.5 Å². The van der Waals surface area contributed by atoms with Crippen LogP contribution in [0.3, 0.4) is 0 Å². The molecule has 0 radical (unpaired) electrons. The lowest BCUT2D eigenvalue weighted by Gasteiger charge is -2.24. The Hall–Kier alpha value is -9.87. The van der Waals surface area contributed by atoms with Gasteiger partial charge in [0.1, 0.15) is 64.4 Å². The maximum Gasteiger partial charge on any atom is 0.437 e. The number of rotatable bonds is 11. The number of ether oxygens (including phenoxy) is 11. The van der Waals surface area contributed by atoms with Gasteiger partial charge in [-0.2, -0.15) is 5.10 Å². The number of nitrogens with zero attached hydrogens (tertiary/aromatic N) is 9. The van der Waals surface area contributed by atoms with Gasteiger partial charge in [-0.3, -0.25) is 40.4 Å². The number of aliphatic imine (C=N–C) groups is 4. The first-order chi connectivity index (χ1) is 46.4. The molecular formula is C66H117N13O24. The number of guanidine groups is 3. The van der Waals surface area contributed by atoms with Gasteiger partial charge in [0.2, 0.25) is 23.8 Å². The number of nitrogens with one attached hydrogen (secondary N) is 4. The molecule has 103 heavy (non-hydrogen) atoms. The number of hydrogen-bond acceptors (Lipinski definition) is 24. The molecule has 0 fully saturated rings. The average molecular weight is 1480 g/mol. The molecule has 0 saturated carbocycles.